The minimum atomic E-state index is 0.240. The van der Waals surface area contributed by atoms with E-state index in [9.17, 15) is 0 Å². The van der Waals surface area contributed by atoms with Gasteiger partial charge < -0.3 is 15.0 Å². The Bertz CT molecular complexity index is 818. The summed E-state index contributed by atoms with van der Waals surface area (Å²) in [7, 11) is 1.54. The molecule has 0 amide bonds. The summed E-state index contributed by atoms with van der Waals surface area (Å²) in [5, 5.41) is 7.75. The molecule has 28 heavy (non-hydrogen) atoms. The van der Waals surface area contributed by atoms with Gasteiger partial charge in [-0.15, -0.1) is 0 Å². The van der Waals surface area contributed by atoms with Gasteiger partial charge in [-0.05, 0) is 40.2 Å². The normalized spacial score (nSPS) is 20.9. The number of nitrogens with zero attached hydrogens (tertiary/aromatic N) is 5. The van der Waals surface area contributed by atoms with Crippen molar-refractivity contribution in [2.75, 3.05) is 17.4 Å². The van der Waals surface area contributed by atoms with Gasteiger partial charge in [0.25, 0.3) is 5.95 Å². The molecule has 0 aromatic carbocycles. The molecule has 0 spiro atoms. The van der Waals surface area contributed by atoms with E-state index in [0.29, 0.717) is 17.9 Å². The van der Waals surface area contributed by atoms with Gasteiger partial charge in [-0.2, -0.15) is 20.1 Å². The molecular formula is C20H29N7O. The Kier molecular flexibility index (Phi) is 5.96. The van der Waals surface area contributed by atoms with Crippen LogP contribution in [0, 0.1) is 5.92 Å². The van der Waals surface area contributed by atoms with Crippen LogP contribution < -0.4 is 20.4 Å². The number of anilines is 2. The Balaban J connectivity index is 1.76. The van der Waals surface area contributed by atoms with Crippen molar-refractivity contribution >= 4 is 18.1 Å². The average molecular weight is 384 g/mol. The Labute approximate surface area is 166 Å². The molecule has 1 aliphatic carbocycles. The van der Waals surface area contributed by atoms with Gasteiger partial charge in [-0.3, -0.25) is 0 Å². The molecule has 150 valence electrons. The first-order valence-corrected chi connectivity index (χ1v) is 9.59. The molecule has 0 saturated heterocycles. The van der Waals surface area contributed by atoms with Crippen molar-refractivity contribution in [2.24, 2.45) is 11.0 Å². The number of aromatic nitrogens is 3. The number of fused-ring (bicyclic) bond motifs is 1. The van der Waals surface area contributed by atoms with Gasteiger partial charge >= 0.3 is 6.01 Å². The molecule has 2 atom stereocenters. The highest BCUT2D eigenvalue weighted by Gasteiger charge is 2.29. The van der Waals surface area contributed by atoms with Crippen molar-refractivity contribution in [2.45, 2.75) is 52.7 Å². The molecule has 2 heterocycles. The Morgan fingerprint density at radius 3 is 2.64 bits per heavy atom. The summed E-state index contributed by atoms with van der Waals surface area (Å²) < 4.78 is 5.25. The molecule has 2 aliphatic rings. The van der Waals surface area contributed by atoms with Gasteiger partial charge in [0, 0.05) is 24.2 Å². The van der Waals surface area contributed by atoms with E-state index in [-0.39, 0.29) is 24.0 Å². The molecule has 3 rings (SSSR count). The van der Waals surface area contributed by atoms with Crippen molar-refractivity contribution in [1.82, 2.24) is 20.3 Å². The van der Waals surface area contributed by atoms with Crippen molar-refractivity contribution < 1.29 is 4.74 Å². The van der Waals surface area contributed by atoms with Crippen LogP contribution in [0.2, 0.25) is 0 Å². The highest BCUT2D eigenvalue weighted by atomic mass is 16.5. The summed E-state index contributed by atoms with van der Waals surface area (Å²) in [6.07, 6.45) is 10.2. The summed E-state index contributed by atoms with van der Waals surface area (Å²) in [5.74, 6) is 1.20. The lowest BCUT2D eigenvalue weighted by Crippen LogP contribution is -2.38. The van der Waals surface area contributed by atoms with Gasteiger partial charge in [0.1, 0.15) is 0 Å². The van der Waals surface area contributed by atoms with Crippen LogP contribution in [0.25, 0.3) is 0 Å². The third-order valence-corrected chi connectivity index (χ3v) is 4.85. The van der Waals surface area contributed by atoms with Crippen LogP contribution in [0.1, 0.15) is 34.6 Å². The van der Waals surface area contributed by atoms with E-state index >= 15 is 0 Å². The topological polar surface area (TPSA) is 87.6 Å². The van der Waals surface area contributed by atoms with E-state index < -0.39 is 0 Å². The maximum Gasteiger partial charge on any atom is 0.322 e. The van der Waals surface area contributed by atoms with E-state index in [2.05, 4.69) is 88.5 Å². The average Bonchev–Trinajstić information content (AvgIpc) is 3.05. The maximum absolute atomic E-state index is 5.25. The minimum absolute atomic E-state index is 0.240. The van der Waals surface area contributed by atoms with Gasteiger partial charge in [0.2, 0.25) is 5.95 Å². The van der Waals surface area contributed by atoms with Gasteiger partial charge in [-0.1, -0.05) is 23.8 Å². The van der Waals surface area contributed by atoms with E-state index in [1.165, 1.54) is 5.57 Å². The van der Waals surface area contributed by atoms with Crippen LogP contribution in [0.5, 0.6) is 6.01 Å². The zero-order valence-corrected chi connectivity index (χ0v) is 17.3. The smallest absolute Gasteiger partial charge is 0.322 e. The summed E-state index contributed by atoms with van der Waals surface area (Å²) in [6, 6.07) is 1.04. The minimum Gasteiger partial charge on any atom is -0.467 e. The molecule has 2 unspecified atom stereocenters. The van der Waals surface area contributed by atoms with E-state index in [1.54, 1.807) is 13.3 Å². The van der Waals surface area contributed by atoms with Crippen LogP contribution in [0.3, 0.4) is 0 Å². The SMILES string of the molecule is COc1nc(N/N=C/C2=CNC3C(C)=CC=CC23)nc(N(C(C)C)C(C)C)n1. The van der Waals surface area contributed by atoms with E-state index in [0.717, 1.165) is 5.57 Å². The van der Waals surface area contributed by atoms with Gasteiger partial charge in [0.15, 0.2) is 0 Å². The molecule has 0 fully saturated rings. The number of hydrogen-bond donors (Lipinski definition) is 2. The molecule has 1 aromatic heterocycles. The highest BCUT2D eigenvalue weighted by Crippen LogP contribution is 2.29. The van der Waals surface area contributed by atoms with E-state index in [4.69, 9.17) is 4.74 Å². The van der Waals surface area contributed by atoms with Crippen molar-refractivity contribution in [1.29, 1.82) is 0 Å². The lowest BCUT2D eigenvalue weighted by atomic mass is 9.87. The summed E-state index contributed by atoms with van der Waals surface area (Å²) in [6.45, 7) is 10.5. The summed E-state index contributed by atoms with van der Waals surface area (Å²) in [4.78, 5) is 15.3. The fourth-order valence-electron chi connectivity index (χ4n) is 3.59. The second kappa shape index (κ2) is 8.41. The molecule has 2 N–H and O–H groups in total. The molecule has 1 aromatic rings. The first-order chi connectivity index (χ1) is 13.4. The number of hydrogen-bond acceptors (Lipinski definition) is 8. The van der Waals surface area contributed by atoms with Crippen LogP contribution >= 0.6 is 0 Å². The molecule has 8 nitrogen and oxygen atoms in total. The second-order valence-corrected chi connectivity index (χ2v) is 7.52. The van der Waals surface area contributed by atoms with Crippen molar-refractivity contribution in [3.63, 3.8) is 0 Å². The standard InChI is InChI=1S/C20H29N7O/c1-12(2)27(13(3)4)19-23-18(24-20(25-19)28-6)26-22-11-15-10-21-17-14(5)8-7-9-16(15)17/h7-13,16-17,21H,1-6H3,(H,23,24,25,26)/b22-11+. The van der Waals surface area contributed by atoms with Crippen LogP contribution in [0.4, 0.5) is 11.9 Å². The molecule has 0 saturated carbocycles. The first kappa shape index (κ1) is 19.9. The molecular weight excluding hydrogens is 354 g/mol. The molecule has 1 aliphatic heterocycles. The van der Waals surface area contributed by atoms with Gasteiger partial charge in [-0.25, -0.2) is 5.43 Å². The number of nitrogens with one attached hydrogen (secondary N) is 2. The monoisotopic (exact) mass is 383 g/mol. The summed E-state index contributed by atoms with van der Waals surface area (Å²) >= 11 is 0. The fraction of sp³-hybridized carbons (Fsp3) is 0.500. The first-order valence-electron chi connectivity index (χ1n) is 9.59. The largest absolute Gasteiger partial charge is 0.467 e. The molecule has 0 radical (unpaired) electrons. The second-order valence-electron chi connectivity index (χ2n) is 7.52. The van der Waals surface area contributed by atoms with Gasteiger partial charge in [0.05, 0.1) is 19.4 Å². The number of allylic oxidation sites excluding steroid dienone is 2. The lowest BCUT2D eigenvalue weighted by Gasteiger charge is -2.30. The number of rotatable bonds is 7. The zero-order valence-electron chi connectivity index (χ0n) is 17.3. The van der Waals surface area contributed by atoms with Crippen LogP contribution in [-0.4, -0.2) is 46.4 Å². The lowest BCUT2D eigenvalue weighted by molar-refractivity contribution is 0.377. The van der Waals surface area contributed by atoms with Crippen LogP contribution in [-0.2, 0) is 0 Å². The third-order valence-electron chi connectivity index (χ3n) is 4.85. The number of methoxy groups -OCH3 is 1. The quantitative estimate of drug-likeness (QED) is 0.553. The summed E-state index contributed by atoms with van der Waals surface area (Å²) in [5.41, 5.74) is 5.34. The Morgan fingerprint density at radius 1 is 1.21 bits per heavy atom. The predicted molar refractivity (Wildman–Crippen MR) is 113 cm³/mol. The number of hydrazone groups is 1. The molecule has 8 heteroatoms. The molecule has 0 bridgehead atoms. The maximum atomic E-state index is 5.25. The fourth-order valence-corrected chi connectivity index (χ4v) is 3.59. The number of ether oxygens (including phenoxy) is 1. The highest BCUT2D eigenvalue weighted by molar-refractivity contribution is 5.81. The zero-order chi connectivity index (χ0) is 20.3. The van der Waals surface area contributed by atoms with Crippen molar-refractivity contribution in [3.8, 4) is 6.01 Å². The predicted octanol–water partition coefficient (Wildman–Crippen LogP) is 2.89. The van der Waals surface area contributed by atoms with Crippen LogP contribution in [0.15, 0.2) is 40.7 Å². The third kappa shape index (κ3) is 4.16. The Morgan fingerprint density at radius 2 is 1.96 bits per heavy atom. The van der Waals surface area contributed by atoms with E-state index in [1.807, 2.05) is 6.20 Å². The Hall–Kier alpha value is -2.90. The van der Waals surface area contributed by atoms with Crippen molar-refractivity contribution in [3.05, 3.63) is 35.6 Å².